The average Bonchev–Trinajstić information content (AvgIpc) is 2.44. The van der Waals surface area contributed by atoms with Gasteiger partial charge in [-0.05, 0) is 17.7 Å². The van der Waals surface area contributed by atoms with Gasteiger partial charge < -0.3 is 15.2 Å². The molecule has 1 amide bonds. The van der Waals surface area contributed by atoms with E-state index in [2.05, 4.69) is 10.1 Å². The predicted molar refractivity (Wildman–Crippen MR) is 83.7 cm³/mol. The molecule has 26 heavy (non-hydrogen) atoms. The summed E-state index contributed by atoms with van der Waals surface area (Å²) in [6, 6.07) is 3.25. The van der Waals surface area contributed by atoms with Crippen LogP contribution >= 0.6 is 0 Å². The monoisotopic (exact) mass is 398 g/mol. The maximum absolute atomic E-state index is 12.2. The second-order valence-electron chi connectivity index (χ2n) is 5.35. The third kappa shape index (κ3) is 7.70. The van der Waals surface area contributed by atoms with Crippen molar-refractivity contribution in [3.8, 4) is 5.75 Å². The van der Waals surface area contributed by atoms with Crippen LogP contribution in [0.5, 0.6) is 5.75 Å². The van der Waals surface area contributed by atoms with Crippen LogP contribution in [0.15, 0.2) is 24.3 Å². The molecule has 0 saturated heterocycles. The second kappa shape index (κ2) is 8.36. The Balaban J connectivity index is 2.90. The minimum atomic E-state index is -4.87. The van der Waals surface area contributed by atoms with Gasteiger partial charge in [0.25, 0.3) is 0 Å². The molecule has 0 aromatic heterocycles. The fraction of sp³-hybridized carbons (Fsp3) is 0.429. The Labute approximate surface area is 147 Å². The number of halogens is 3. The first-order chi connectivity index (χ1) is 11.8. The first-order valence-electron chi connectivity index (χ1n) is 7.06. The third-order valence-electron chi connectivity index (χ3n) is 3.16. The molecule has 0 saturated carbocycles. The van der Waals surface area contributed by atoms with Gasteiger partial charge in [-0.25, -0.2) is 8.42 Å². The molecule has 12 heteroatoms. The van der Waals surface area contributed by atoms with Gasteiger partial charge in [-0.1, -0.05) is 12.1 Å². The number of carboxylic acids is 1. The molecular weight excluding hydrogens is 381 g/mol. The fourth-order valence-corrected chi connectivity index (χ4v) is 2.24. The van der Waals surface area contributed by atoms with Crippen molar-refractivity contribution in [1.82, 2.24) is 9.62 Å². The zero-order valence-electron chi connectivity index (χ0n) is 13.8. The van der Waals surface area contributed by atoms with Gasteiger partial charge in [0.15, 0.2) is 0 Å². The van der Waals surface area contributed by atoms with Gasteiger partial charge in [0.1, 0.15) is 5.75 Å². The second-order valence-corrected chi connectivity index (χ2v) is 7.44. The number of sulfonamides is 1. The lowest BCUT2D eigenvalue weighted by Crippen LogP contribution is -2.39. The predicted octanol–water partition coefficient (Wildman–Crippen LogP) is 1.11. The Morgan fingerprint density at radius 3 is 2.23 bits per heavy atom. The first kappa shape index (κ1) is 21.7. The van der Waals surface area contributed by atoms with Crippen LogP contribution in [0.4, 0.5) is 13.2 Å². The lowest BCUT2D eigenvalue weighted by molar-refractivity contribution is -0.274. The zero-order chi connectivity index (χ0) is 20.1. The molecule has 2 N–H and O–H groups in total. The molecule has 1 atom stereocenters. The van der Waals surface area contributed by atoms with E-state index in [0.717, 1.165) is 22.7 Å². The largest absolute Gasteiger partial charge is 0.573 e. The first-order valence-corrected chi connectivity index (χ1v) is 8.91. The number of carbonyl (C=O) groups excluding carboxylic acids is 1. The minimum Gasteiger partial charge on any atom is -0.481 e. The van der Waals surface area contributed by atoms with Crippen LogP contribution in [0.1, 0.15) is 18.0 Å². The molecule has 0 radical (unpaired) electrons. The van der Waals surface area contributed by atoms with E-state index in [-0.39, 0.29) is 5.56 Å². The number of carbonyl (C=O) groups is 2. The molecule has 1 unspecified atom stereocenters. The summed E-state index contributed by atoms with van der Waals surface area (Å²) >= 11 is 0. The molecule has 8 nitrogen and oxygen atoms in total. The van der Waals surface area contributed by atoms with E-state index in [9.17, 15) is 31.2 Å². The summed E-state index contributed by atoms with van der Waals surface area (Å²) in [6.07, 6.45) is -4.52. The normalized spacial score (nSPS) is 13.3. The molecule has 0 aliphatic heterocycles. The van der Waals surface area contributed by atoms with Gasteiger partial charge in [-0.3, -0.25) is 9.59 Å². The highest BCUT2D eigenvalue weighted by Gasteiger charge is 2.31. The lowest BCUT2D eigenvalue weighted by atomic mass is 10.0. The highest BCUT2D eigenvalue weighted by Crippen LogP contribution is 2.25. The number of hydrogen-bond acceptors (Lipinski definition) is 5. The molecule has 0 fully saturated rings. The van der Waals surface area contributed by atoms with E-state index in [1.54, 1.807) is 0 Å². The topological polar surface area (TPSA) is 113 Å². The molecular formula is C14H17F3N2O6S. The summed E-state index contributed by atoms with van der Waals surface area (Å²) in [5.41, 5.74) is 0.220. The van der Waals surface area contributed by atoms with E-state index in [4.69, 9.17) is 5.11 Å². The lowest BCUT2D eigenvalue weighted by Gasteiger charge is -2.20. The van der Waals surface area contributed by atoms with E-state index >= 15 is 0 Å². The van der Waals surface area contributed by atoms with Crippen molar-refractivity contribution in [1.29, 1.82) is 0 Å². The van der Waals surface area contributed by atoms with Gasteiger partial charge in [0.2, 0.25) is 15.9 Å². The molecule has 146 valence electrons. The van der Waals surface area contributed by atoms with Crippen LogP contribution in [-0.2, 0) is 19.6 Å². The average molecular weight is 398 g/mol. The van der Waals surface area contributed by atoms with Gasteiger partial charge >= 0.3 is 12.3 Å². The molecule has 0 bridgehead atoms. The third-order valence-corrected chi connectivity index (χ3v) is 4.42. The summed E-state index contributed by atoms with van der Waals surface area (Å²) in [6.45, 7) is -0.537. The van der Waals surface area contributed by atoms with E-state index in [0.29, 0.717) is 0 Å². The number of benzene rings is 1. The molecule has 0 spiro atoms. The number of aliphatic carboxylic acids is 1. The Morgan fingerprint density at radius 1 is 1.27 bits per heavy atom. The summed E-state index contributed by atoms with van der Waals surface area (Å²) in [5.74, 6) is -2.53. The number of hydrogen-bond donors (Lipinski definition) is 2. The van der Waals surface area contributed by atoms with Gasteiger partial charge in [0.05, 0.1) is 25.3 Å². The number of alkyl halides is 3. The number of carboxylic acid groups (broad SMARTS) is 1. The molecule has 1 rings (SSSR count). The van der Waals surface area contributed by atoms with Crippen LogP contribution < -0.4 is 10.1 Å². The van der Waals surface area contributed by atoms with Crippen molar-refractivity contribution in [3.05, 3.63) is 29.8 Å². The molecule has 0 aliphatic rings. The van der Waals surface area contributed by atoms with Crippen molar-refractivity contribution in [2.45, 2.75) is 18.8 Å². The van der Waals surface area contributed by atoms with Crippen molar-refractivity contribution in [2.75, 3.05) is 19.8 Å². The van der Waals surface area contributed by atoms with E-state index in [1.165, 1.54) is 19.2 Å². The SMILES string of the molecule is CN(CC(=O)NC(CC(=O)O)c1ccc(OC(F)(F)F)cc1)S(C)(=O)=O. The minimum absolute atomic E-state index is 0.220. The maximum atomic E-state index is 12.2. The van der Waals surface area contributed by atoms with E-state index < -0.39 is 53.0 Å². The smallest absolute Gasteiger partial charge is 0.481 e. The van der Waals surface area contributed by atoms with Crippen LogP contribution in [0.25, 0.3) is 0 Å². The zero-order valence-corrected chi connectivity index (χ0v) is 14.6. The van der Waals surface area contributed by atoms with Crippen molar-refractivity contribution < 1.29 is 41.0 Å². The Morgan fingerprint density at radius 2 is 1.81 bits per heavy atom. The summed E-state index contributed by atoms with van der Waals surface area (Å²) in [4.78, 5) is 22.9. The highest BCUT2D eigenvalue weighted by atomic mass is 32.2. The molecule has 1 aromatic carbocycles. The van der Waals surface area contributed by atoms with Crippen molar-refractivity contribution in [2.24, 2.45) is 0 Å². The van der Waals surface area contributed by atoms with Gasteiger partial charge in [-0.2, -0.15) is 4.31 Å². The summed E-state index contributed by atoms with van der Waals surface area (Å²) in [5, 5.41) is 11.3. The van der Waals surface area contributed by atoms with Crippen molar-refractivity contribution >= 4 is 21.9 Å². The number of nitrogens with zero attached hydrogens (tertiary/aromatic N) is 1. The standard InChI is InChI=1S/C14H17F3N2O6S/c1-19(26(2,23)24)8-12(20)18-11(7-13(21)22)9-3-5-10(6-4-9)25-14(15,16)17/h3-6,11H,7-8H2,1-2H3,(H,18,20)(H,21,22). The van der Waals surface area contributed by atoms with Crippen LogP contribution in [-0.4, -0.2) is 55.9 Å². The summed E-state index contributed by atoms with van der Waals surface area (Å²) in [7, 11) is -2.44. The van der Waals surface area contributed by atoms with Gasteiger partial charge in [-0.15, -0.1) is 13.2 Å². The molecule has 0 aliphatic carbocycles. The number of nitrogens with one attached hydrogen (secondary N) is 1. The molecule has 0 heterocycles. The van der Waals surface area contributed by atoms with Crippen LogP contribution in [0.2, 0.25) is 0 Å². The Bertz CT molecular complexity index is 749. The fourth-order valence-electron chi connectivity index (χ4n) is 1.89. The van der Waals surface area contributed by atoms with Crippen LogP contribution in [0.3, 0.4) is 0 Å². The highest BCUT2D eigenvalue weighted by molar-refractivity contribution is 7.88. The Kier molecular flexibility index (Phi) is 6.98. The molecule has 1 aromatic rings. The van der Waals surface area contributed by atoms with Crippen molar-refractivity contribution in [3.63, 3.8) is 0 Å². The number of amides is 1. The number of rotatable bonds is 8. The van der Waals surface area contributed by atoms with E-state index in [1.807, 2.05) is 0 Å². The number of ether oxygens (including phenoxy) is 1. The summed E-state index contributed by atoms with van der Waals surface area (Å²) < 4.78 is 63.5. The maximum Gasteiger partial charge on any atom is 0.573 e. The quantitative estimate of drug-likeness (QED) is 0.678. The van der Waals surface area contributed by atoms with Crippen LogP contribution in [0, 0.1) is 0 Å². The number of likely N-dealkylation sites (N-methyl/N-ethyl adjacent to an activating group) is 1. The Hall–Kier alpha value is -2.34. The van der Waals surface area contributed by atoms with Gasteiger partial charge in [0, 0.05) is 7.05 Å².